The van der Waals surface area contributed by atoms with Gasteiger partial charge in [0.1, 0.15) is 11.7 Å². The van der Waals surface area contributed by atoms with Crippen molar-refractivity contribution in [2.24, 2.45) is 0 Å². The molecule has 2 N–H and O–H groups in total. The Labute approximate surface area is 175 Å². The first-order valence-corrected chi connectivity index (χ1v) is 10.2. The van der Waals surface area contributed by atoms with Crippen molar-refractivity contribution in [3.8, 4) is 0 Å². The lowest BCUT2D eigenvalue weighted by molar-refractivity contribution is -0.137. The smallest absolute Gasteiger partial charge is 0.263 e. The molecule has 0 radical (unpaired) electrons. The maximum atomic E-state index is 13.0. The Bertz CT molecular complexity index is 1130. The second kappa shape index (κ2) is 8.08. The Hall–Kier alpha value is -2.90. The largest absolute Gasteiger partial charge is 0.361 e. The van der Waals surface area contributed by atoms with Crippen LogP contribution >= 0.6 is 0 Å². The molecule has 0 bridgehead atoms. The van der Waals surface area contributed by atoms with Crippen molar-refractivity contribution in [3.63, 3.8) is 0 Å². The number of amides is 1. The average molecular weight is 409 g/mol. The van der Waals surface area contributed by atoms with Gasteiger partial charge in [0.05, 0.1) is 6.61 Å². The SMILES string of the molecule is Cc1ccn(CCc2c[nH]c3ccccc23)c(=O)c1C(=O)NCC1COC(C)(C)O1. The van der Waals surface area contributed by atoms with E-state index in [1.807, 2.05) is 44.3 Å². The van der Waals surface area contributed by atoms with Crippen molar-refractivity contribution in [3.05, 3.63) is 69.8 Å². The minimum Gasteiger partial charge on any atom is -0.361 e. The van der Waals surface area contributed by atoms with Gasteiger partial charge in [0.25, 0.3) is 11.5 Å². The topological polar surface area (TPSA) is 85.4 Å². The predicted molar refractivity (Wildman–Crippen MR) is 115 cm³/mol. The van der Waals surface area contributed by atoms with Crippen LogP contribution in [-0.2, 0) is 22.4 Å². The molecule has 0 spiro atoms. The molecule has 3 heterocycles. The Morgan fingerprint density at radius 2 is 2.10 bits per heavy atom. The number of benzene rings is 1. The third-order valence-electron chi connectivity index (χ3n) is 5.46. The fourth-order valence-electron chi connectivity index (χ4n) is 3.86. The lowest BCUT2D eigenvalue weighted by atomic mass is 10.1. The number of ether oxygens (including phenoxy) is 2. The molecule has 2 aromatic heterocycles. The van der Waals surface area contributed by atoms with Crippen molar-refractivity contribution < 1.29 is 14.3 Å². The van der Waals surface area contributed by atoms with E-state index in [9.17, 15) is 9.59 Å². The maximum absolute atomic E-state index is 13.0. The molecule has 7 heteroatoms. The van der Waals surface area contributed by atoms with Crippen LogP contribution in [0.4, 0.5) is 0 Å². The molecule has 4 rings (SSSR count). The van der Waals surface area contributed by atoms with Crippen molar-refractivity contribution in [1.82, 2.24) is 14.9 Å². The summed E-state index contributed by atoms with van der Waals surface area (Å²) >= 11 is 0. The molecule has 0 saturated carbocycles. The van der Waals surface area contributed by atoms with Crippen molar-refractivity contribution in [2.45, 2.75) is 45.6 Å². The van der Waals surface area contributed by atoms with E-state index in [-0.39, 0.29) is 23.1 Å². The van der Waals surface area contributed by atoms with Crippen LogP contribution in [0.2, 0.25) is 0 Å². The molecule has 1 aliphatic heterocycles. The third-order valence-corrected chi connectivity index (χ3v) is 5.46. The highest BCUT2D eigenvalue weighted by atomic mass is 16.7. The van der Waals surface area contributed by atoms with Gasteiger partial charge in [0.2, 0.25) is 0 Å². The highest BCUT2D eigenvalue weighted by Crippen LogP contribution is 2.22. The second-order valence-electron chi connectivity index (χ2n) is 8.14. The number of H-pyrrole nitrogens is 1. The number of aryl methyl sites for hydroxylation is 3. The zero-order valence-corrected chi connectivity index (χ0v) is 17.5. The van der Waals surface area contributed by atoms with Crippen LogP contribution in [-0.4, -0.2) is 40.5 Å². The molecule has 1 saturated heterocycles. The van der Waals surface area contributed by atoms with Gasteiger partial charge in [-0.1, -0.05) is 18.2 Å². The average Bonchev–Trinajstić information content (AvgIpc) is 3.28. The van der Waals surface area contributed by atoms with E-state index < -0.39 is 5.79 Å². The Balaban J connectivity index is 1.46. The molecule has 1 aromatic carbocycles. The summed E-state index contributed by atoms with van der Waals surface area (Å²) in [5, 5.41) is 3.97. The molecule has 0 aliphatic carbocycles. The number of rotatable bonds is 6. The zero-order valence-electron chi connectivity index (χ0n) is 17.5. The van der Waals surface area contributed by atoms with Gasteiger partial charge in [-0.2, -0.15) is 0 Å². The van der Waals surface area contributed by atoms with Crippen LogP contribution in [0.15, 0.2) is 47.5 Å². The van der Waals surface area contributed by atoms with Crippen molar-refractivity contribution in [2.75, 3.05) is 13.2 Å². The zero-order chi connectivity index (χ0) is 21.3. The molecule has 30 heavy (non-hydrogen) atoms. The molecule has 1 amide bonds. The van der Waals surface area contributed by atoms with Crippen LogP contribution in [0.5, 0.6) is 0 Å². The predicted octanol–water partition coefficient (Wildman–Crippen LogP) is 2.76. The van der Waals surface area contributed by atoms with Crippen molar-refractivity contribution in [1.29, 1.82) is 0 Å². The summed E-state index contributed by atoms with van der Waals surface area (Å²) < 4.78 is 12.8. The number of aromatic nitrogens is 2. The molecule has 1 unspecified atom stereocenters. The molecule has 1 atom stereocenters. The van der Waals surface area contributed by atoms with Crippen LogP contribution in [0.3, 0.4) is 0 Å². The number of pyridine rings is 1. The van der Waals surface area contributed by atoms with Crippen LogP contribution in [0.1, 0.15) is 35.3 Å². The number of para-hydroxylation sites is 1. The van der Waals surface area contributed by atoms with Gasteiger partial charge in [0, 0.05) is 36.4 Å². The Morgan fingerprint density at radius 3 is 2.87 bits per heavy atom. The second-order valence-corrected chi connectivity index (χ2v) is 8.14. The number of carbonyl (C=O) groups is 1. The van der Waals surface area contributed by atoms with E-state index in [0.29, 0.717) is 31.7 Å². The van der Waals surface area contributed by atoms with Crippen LogP contribution < -0.4 is 10.9 Å². The quantitative estimate of drug-likeness (QED) is 0.656. The van der Waals surface area contributed by atoms with Crippen LogP contribution in [0, 0.1) is 6.92 Å². The molecular formula is C23H27N3O4. The number of aromatic amines is 1. The summed E-state index contributed by atoms with van der Waals surface area (Å²) in [7, 11) is 0. The maximum Gasteiger partial charge on any atom is 0.263 e. The van der Waals surface area contributed by atoms with Gasteiger partial charge in [-0.05, 0) is 50.5 Å². The number of nitrogens with one attached hydrogen (secondary N) is 2. The van der Waals surface area contributed by atoms with Crippen LogP contribution in [0.25, 0.3) is 10.9 Å². The third kappa shape index (κ3) is 4.17. The van der Waals surface area contributed by atoms with Gasteiger partial charge in [-0.25, -0.2) is 0 Å². The van der Waals surface area contributed by atoms with E-state index >= 15 is 0 Å². The van der Waals surface area contributed by atoms with Crippen molar-refractivity contribution >= 4 is 16.8 Å². The highest BCUT2D eigenvalue weighted by molar-refractivity contribution is 5.95. The molecule has 7 nitrogen and oxygen atoms in total. The van der Waals surface area contributed by atoms with Gasteiger partial charge in [-0.15, -0.1) is 0 Å². The molecule has 158 valence electrons. The monoisotopic (exact) mass is 409 g/mol. The summed E-state index contributed by atoms with van der Waals surface area (Å²) in [5.41, 5.74) is 2.77. The van der Waals surface area contributed by atoms with E-state index in [1.54, 1.807) is 17.7 Å². The van der Waals surface area contributed by atoms with Gasteiger partial charge in [-0.3, -0.25) is 9.59 Å². The first-order valence-electron chi connectivity index (χ1n) is 10.2. The van der Waals surface area contributed by atoms with E-state index in [2.05, 4.69) is 16.4 Å². The number of nitrogens with zero attached hydrogens (tertiary/aromatic N) is 1. The fourth-order valence-corrected chi connectivity index (χ4v) is 3.86. The van der Waals surface area contributed by atoms with Gasteiger partial charge >= 0.3 is 0 Å². The normalized spacial score (nSPS) is 18.0. The minimum atomic E-state index is -0.646. The summed E-state index contributed by atoms with van der Waals surface area (Å²) in [4.78, 5) is 29.0. The summed E-state index contributed by atoms with van der Waals surface area (Å²) in [6, 6.07) is 9.89. The van der Waals surface area contributed by atoms with E-state index in [0.717, 1.165) is 16.5 Å². The number of carbonyl (C=O) groups excluding carboxylic acids is 1. The number of hydrogen-bond acceptors (Lipinski definition) is 4. The Kier molecular flexibility index (Phi) is 5.49. The standard InChI is InChI=1S/C23H27N3O4/c1-15-8-10-26(11-9-16-12-24-19-7-5-4-6-18(16)19)22(28)20(15)21(27)25-13-17-14-29-23(2,3)30-17/h4-8,10,12,17,24H,9,11,13-14H2,1-3H3,(H,25,27). The first kappa shape index (κ1) is 20.4. The molecule has 1 aliphatic rings. The highest BCUT2D eigenvalue weighted by Gasteiger charge is 2.32. The molecule has 1 fully saturated rings. The first-order chi connectivity index (χ1) is 14.3. The molecule has 3 aromatic rings. The minimum absolute atomic E-state index is 0.176. The fraction of sp³-hybridized carbons (Fsp3) is 0.391. The van der Waals surface area contributed by atoms with E-state index in [1.165, 1.54) is 0 Å². The Morgan fingerprint density at radius 1 is 1.30 bits per heavy atom. The lowest BCUT2D eigenvalue weighted by Crippen LogP contribution is -2.38. The number of hydrogen-bond donors (Lipinski definition) is 2. The van der Waals surface area contributed by atoms with Gasteiger partial charge in [0.15, 0.2) is 5.79 Å². The molecular weight excluding hydrogens is 382 g/mol. The number of fused-ring (bicyclic) bond motifs is 1. The van der Waals surface area contributed by atoms with Gasteiger partial charge < -0.3 is 24.3 Å². The summed E-state index contributed by atoms with van der Waals surface area (Å²) in [6.45, 7) is 6.65. The van der Waals surface area contributed by atoms with E-state index in [4.69, 9.17) is 9.47 Å². The summed E-state index contributed by atoms with van der Waals surface area (Å²) in [6.07, 6.45) is 4.19. The summed E-state index contributed by atoms with van der Waals surface area (Å²) in [5.74, 6) is -1.03. The lowest BCUT2D eigenvalue weighted by Gasteiger charge is -2.17.